The van der Waals surface area contributed by atoms with E-state index in [0.29, 0.717) is 56.5 Å². The highest BCUT2D eigenvalue weighted by Crippen LogP contribution is 2.14. The zero-order valence-corrected chi connectivity index (χ0v) is 17.1. The smallest absolute Gasteiger partial charge is 0.272 e. The topological polar surface area (TPSA) is 82.5 Å². The van der Waals surface area contributed by atoms with Gasteiger partial charge in [-0.2, -0.15) is 0 Å². The summed E-state index contributed by atoms with van der Waals surface area (Å²) in [6.07, 6.45) is 6.76. The number of anilines is 1. The van der Waals surface area contributed by atoms with E-state index >= 15 is 0 Å². The van der Waals surface area contributed by atoms with Crippen LogP contribution in [0.15, 0.2) is 36.8 Å². The Labute approximate surface area is 171 Å². The standard InChI is InChI=1S/C21H28N6O2/c1-3-10-25(11-4-2)20(29)18-16-17(6-9-22-18)19(28)26-12-14-27(15-13-26)21-23-7-5-8-24-21/h5-9,16H,3-4,10-15H2,1-2H3. The predicted octanol–water partition coefficient (Wildman–Crippen LogP) is 2.10. The van der Waals surface area contributed by atoms with Gasteiger partial charge in [0.05, 0.1) is 0 Å². The second-order valence-corrected chi connectivity index (χ2v) is 7.05. The molecule has 0 atom stereocenters. The van der Waals surface area contributed by atoms with Gasteiger partial charge in [-0.1, -0.05) is 13.8 Å². The lowest BCUT2D eigenvalue weighted by Gasteiger charge is -2.34. The van der Waals surface area contributed by atoms with Crippen molar-refractivity contribution in [2.24, 2.45) is 0 Å². The first kappa shape index (κ1) is 20.7. The molecule has 8 heteroatoms. The van der Waals surface area contributed by atoms with Crippen molar-refractivity contribution in [1.82, 2.24) is 24.8 Å². The number of piperazine rings is 1. The highest BCUT2D eigenvalue weighted by molar-refractivity contribution is 5.98. The van der Waals surface area contributed by atoms with Crippen LogP contribution in [0.1, 0.15) is 47.5 Å². The molecule has 2 aromatic rings. The lowest BCUT2D eigenvalue weighted by Crippen LogP contribution is -2.49. The number of nitrogens with zero attached hydrogens (tertiary/aromatic N) is 6. The Balaban J connectivity index is 1.66. The molecule has 1 saturated heterocycles. The van der Waals surface area contributed by atoms with Gasteiger partial charge in [-0.3, -0.25) is 14.6 Å². The summed E-state index contributed by atoms with van der Waals surface area (Å²) >= 11 is 0. The second-order valence-electron chi connectivity index (χ2n) is 7.05. The molecule has 3 rings (SSSR count). The molecule has 0 bridgehead atoms. The van der Waals surface area contributed by atoms with Crippen molar-refractivity contribution in [3.63, 3.8) is 0 Å². The van der Waals surface area contributed by atoms with Crippen molar-refractivity contribution < 1.29 is 9.59 Å². The van der Waals surface area contributed by atoms with Crippen LogP contribution in [-0.2, 0) is 0 Å². The summed E-state index contributed by atoms with van der Waals surface area (Å²) in [4.78, 5) is 44.2. The van der Waals surface area contributed by atoms with Crippen LogP contribution in [0.25, 0.3) is 0 Å². The number of hydrogen-bond donors (Lipinski definition) is 0. The summed E-state index contributed by atoms with van der Waals surface area (Å²) in [7, 11) is 0. The maximum atomic E-state index is 13.0. The van der Waals surface area contributed by atoms with Gasteiger partial charge in [-0.25, -0.2) is 9.97 Å². The molecule has 3 heterocycles. The molecule has 1 fully saturated rings. The molecule has 29 heavy (non-hydrogen) atoms. The van der Waals surface area contributed by atoms with Crippen LogP contribution in [-0.4, -0.2) is 75.8 Å². The van der Waals surface area contributed by atoms with Gasteiger partial charge in [-0.05, 0) is 31.0 Å². The first-order chi connectivity index (χ1) is 14.1. The summed E-state index contributed by atoms with van der Waals surface area (Å²) < 4.78 is 0. The van der Waals surface area contributed by atoms with Gasteiger partial charge < -0.3 is 14.7 Å². The Morgan fingerprint density at radius 2 is 1.62 bits per heavy atom. The molecular formula is C21H28N6O2. The molecular weight excluding hydrogens is 368 g/mol. The third kappa shape index (κ3) is 5.07. The van der Waals surface area contributed by atoms with E-state index in [2.05, 4.69) is 19.9 Å². The molecule has 0 N–H and O–H groups in total. The Hall–Kier alpha value is -3.03. The van der Waals surface area contributed by atoms with Crippen LogP contribution in [0.4, 0.5) is 5.95 Å². The SMILES string of the molecule is CCCN(CCC)C(=O)c1cc(C(=O)N2CCN(c3ncccn3)CC2)ccn1. The average Bonchev–Trinajstić information content (AvgIpc) is 2.79. The zero-order valence-electron chi connectivity index (χ0n) is 17.1. The van der Waals surface area contributed by atoms with E-state index < -0.39 is 0 Å². The van der Waals surface area contributed by atoms with E-state index in [4.69, 9.17) is 0 Å². The van der Waals surface area contributed by atoms with Crippen molar-refractivity contribution in [1.29, 1.82) is 0 Å². The first-order valence-corrected chi connectivity index (χ1v) is 10.2. The molecule has 0 spiro atoms. The van der Waals surface area contributed by atoms with E-state index in [-0.39, 0.29) is 11.8 Å². The van der Waals surface area contributed by atoms with Crippen molar-refractivity contribution in [3.8, 4) is 0 Å². The van der Waals surface area contributed by atoms with Gasteiger partial charge in [0.2, 0.25) is 5.95 Å². The molecule has 0 aromatic carbocycles. The number of rotatable bonds is 7. The lowest BCUT2D eigenvalue weighted by atomic mass is 10.1. The third-order valence-corrected chi connectivity index (χ3v) is 4.90. The van der Waals surface area contributed by atoms with Crippen molar-refractivity contribution in [2.45, 2.75) is 26.7 Å². The Kier molecular flexibility index (Phi) is 7.10. The molecule has 2 amide bonds. The summed E-state index contributed by atoms with van der Waals surface area (Å²) in [5, 5.41) is 0. The number of carbonyl (C=O) groups is 2. The largest absolute Gasteiger partial charge is 0.337 e. The fourth-order valence-electron chi connectivity index (χ4n) is 3.44. The van der Waals surface area contributed by atoms with Crippen LogP contribution < -0.4 is 4.90 Å². The maximum Gasteiger partial charge on any atom is 0.272 e. The Morgan fingerprint density at radius 3 is 2.24 bits per heavy atom. The van der Waals surface area contributed by atoms with Crippen LogP contribution in [0, 0.1) is 0 Å². The fourth-order valence-corrected chi connectivity index (χ4v) is 3.44. The normalized spacial score (nSPS) is 14.0. The molecule has 0 saturated carbocycles. The van der Waals surface area contributed by atoms with E-state index in [1.165, 1.54) is 0 Å². The monoisotopic (exact) mass is 396 g/mol. The Morgan fingerprint density at radius 1 is 0.966 bits per heavy atom. The highest BCUT2D eigenvalue weighted by atomic mass is 16.2. The maximum absolute atomic E-state index is 13.0. The average molecular weight is 396 g/mol. The molecule has 8 nitrogen and oxygen atoms in total. The van der Waals surface area contributed by atoms with Gasteiger partial charge in [0.25, 0.3) is 11.8 Å². The lowest BCUT2D eigenvalue weighted by molar-refractivity contribution is 0.0745. The van der Waals surface area contributed by atoms with E-state index in [1.807, 2.05) is 13.8 Å². The van der Waals surface area contributed by atoms with Gasteiger partial charge in [0.1, 0.15) is 5.69 Å². The van der Waals surface area contributed by atoms with E-state index in [1.54, 1.807) is 46.6 Å². The molecule has 0 unspecified atom stereocenters. The van der Waals surface area contributed by atoms with Crippen LogP contribution >= 0.6 is 0 Å². The number of aromatic nitrogens is 3. The van der Waals surface area contributed by atoms with Crippen molar-refractivity contribution in [2.75, 3.05) is 44.2 Å². The quantitative estimate of drug-likeness (QED) is 0.713. The minimum absolute atomic E-state index is 0.0763. The molecule has 2 aromatic heterocycles. The first-order valence-electron chi connectivity index (χ1n) is 10.2. The molecule has 154 valence electrons. The third-order valence-electron chi connectivity index (χ3n) is 4.90. The molecule has 1 aliphatic heterocycles. The number of amides is 2. The summed E-state index contributed by atoms with van der Waals surface area (Å²) in [6.45, 7) is 7.99. The highest BCUT2D eigenvalue weighted by Gasteiger charge is 2.24. The molecule has 0 aliphatic carbocycles. The van der Waals surface area contributed by atoms with Gasteiger partial charge in [0.15, 0.2) is 0 Å². The van der Waals surface area contributed by atoms with Gasteiger partial charge in [0, 0.05) is 63.4 Å². The fraction of sp³-hybridized carbons (Fsp3) is 0.476. The number of carbonyl (C=O) groups excluding carboxylic acids is 2. The second kappa shape index (κ2) is 9.95. The minimum Gasteiger partial charge on any atom is -0.337 e. The summed E-state index contributed by atoms with van der Waals surface area (Å²) in [5.74, 6) is 0.491. The van der Waals surface area contributed by atoms with E-state index in [0.717, 1.165) is 12.8 Å². The summed E-state index contributed by atoms with van der Waals surface area (Å²) in [5.41, 5.74) is 0.828. The predicted molar refractivity (Wildman–Crippen MR) is 111 cm³/mol. The van der Waals surface area contributed by atoms with Crippen molar-refractivity contribution >= 4 is 17.8 Å². The van der Waals surface area contributed by atoms with Crippen LogP contribution in [0.3, 0.4) is 0 Å². The summed E-state index contributed by atoms with van der Waals surface area (Å²) in [6, 6.07) is 5.08. The van der Waals surface area contributed by atoms with E-state index in [9.17, 15) is 9.59 Å². The number of hydrogen-bond acceptors (Lipinski definition) is 6. The van der Waals surface area contributed by atoms with Gasteiger partial charge >= 0.3 is 0 Å². The number of pyridine rings is 1. The minimum atomic E-state index is -0.116. The zero-order chi connectivity index (χ0) is 20.6. The van der Waals surface area contributed by atoms with Gasteiger partial charge in [-0.15, -0.1) is 0 Å². The van der Waals surface area contributed by atoms with Crippen LogP contribution in [0.2, 0.25) is 0 Å². The van der Waals surface area contributed by atoms with Crippen LogP contribution in [0.5, 0.6) is 0 Å². The molecule has 0 radical (unpaired) electrons. The Bertz CT molecular complexity index is 815. The van der Waals surface area contributed by atoms with Crippen molar-refractivity contribution in [3.05, 3.63) is 48.0 Å². The molecule has 1 aliphatic rings.